The van der Waals surface area contributed by atoms with E-state index >= 15 is 0 Å². The van der Waals surface area contributed by atoms with Gasteiger partial charge >= 0.3 is 0 Å². The SMILES string of the molecule is CC1(C)C(=O)NC(=O)CN1C(=O)CCn1ccccc1=O. The van der Waals surface area contributed by atoms with E-state index in [4.69, 9.17) is 0 Å². The van der Waals surface area contributed by atoms with E-state index in [1.807, 2.05) is 0 Å². The molecule has 1 aliphatic rings. The Hall–Kier alpha value is -2.44. The highest BCUT2D eigenvalue weighted by atomic mass is 16.2. The van der Waals surface area contributed by atoms with E-state index in [9.17, 15) is 19.2 Å². The summed E-state index contributed by atoms with van der Waals surface area (Å²) in [6.07, 6.45) is 1.64. The lowest BCUT2D eigenvalue weighted by molar-refractivity contribution is -0.155. The van der Waals surface area contributed by atoms with Gasteiger partial charge in [-0.05, 0) is 19.9 Å². The van der Waals surface area contributed by atoms with Crippen LogP contribution in [0, 0.1) is 0 Å². The molecule has 2 rings (SSSR count). The fourth-order valence-electron chi connectivity index (χ4n) is 2.18. The molecular weight excluding hydrogens is 274 g/mol. The van der Waals surface area contributed by atoms with Crippen LogP contribution in [-0.4, -0.2) is 39.3 Å². The summed E-state index contributed by atoms with van der Waals surface area (Å²) in [7, 11) is 0. The number of carbonyl (C=O) groups excluding carboxylic acids is 3. The van der Waals surface area contributed by atoms with Crippen molar-refractivity contribution in [2.75, 3.05) is 6.54 Å². The molecule has 1 N–H and O–H groups in total. The molecule has 1 aliphatic heterocycles. The monoisotopic (exact) mass is 291 g/mol. The number of aromatic nitrogens is 1. The molecule has 2 heterocycles. The van der Waals surface area contributed by atoms with Crippen molar-refractivity contribution in [1.29, 1.82) is 0 Å². The van der Waals surface area contributed by atoms with Crippen molar-refractivity contribution >= 4 is 17.7 Å². The molecule has 1 aromatic rings. The minimum absolute atomic E-state index is 0.0495. The van der Waals surface area contributed by atoms with Gasteiger partial charge in [-0.15, -0.1) is 0 Å². The Labute approximate surface area is 121 Å². The summed E-state index contributed by atoms with van der Waals surface area (Å²) in [5, 5.41) is 2.21. The highest BCUT2D eigenvalue weighted by Crippen LogP contribution is 2.19. The van der Waals surface area contributed by atoms with Crippen LogP contribution in [0.15, 0.2) is 29.2 Å². The van der Waals surface area contributed by atoms with Crippen molar-refractivity contribution < 1.29 is 14.4 Å². The number of piperazine rings is 1. The third-order valence-corrected chi connectivity index (χ3v) is 3.55. The van der Waals surface area contributed by atoms with Gasteiger partial charge in [-0.3, -0.25) is 24.5 Å². The molecular formula is C14H17N3O4. The molecule has 1 saturated heterocycles. The van der Waals surface area contributed by atoms with Crippen molar-refractivity contribution in [1.82, 2.24) is 14.8 Å². The molecule has 0 atom stereocenters. The van der Waals surface area contributed by atoms with E-state index in [-0.39, 0.29) is 31.0 Å². The van der Waals surface area contributed by atoms with Gasteiger partial charge in [0.05, 0.1) is 0 Å². The molecule has 1 fully saturated rings. The van der Waals surface area contributed by atoms with Gasteiger partial charge in [-0.1, -0.05) is 6.07 Å². The molecule has 0 aliphatic carbocycles. The lowest BCUT2D eigenvalue weighted by Crippen LogP contribution is -2.65. The van der Waals surface area contributed by atoms with Crippen LogP contribution in [0.1, 0.15) is 20.3 Å². The standard InChI is InChI=1S/C14H17N3O4/c1-14(2)13(21)15-10(18)9-17(14)12(20)6-8-16-7-4-3-5-11(16)19/h3-5,7H,6,8-9H2,1-2H3,(H,15,18,21). The number of amides is 3. The lowest BCUT2D eigenvalue weighted by atomic mass is 9.98. The maximum absolute atomic E-state index is 12.3. The number of rotatable bonds is 3. The number of hydrogen-bond donors (Lipinski definition) is 1. The van der Waals surface area contributed by atoms with Gasteiger partial charge in [-0.2, -0.15) is 0 Å². The molecule has 7 nitrogen and oxygen atoms in total. The second kappa shape index (κ2) is 5.51. The lowest BCUT2D eigenvalue weighted by Gasteiger charge is -2.40. The minimum Gasteiger partial charge on any atom is -0.319 e. The number of aryl methyl sites for hydroxylation is 1. The molecule has 7 heteroatoms. The van der Waals surface area contributed by atoms with Gasteiger partial charge in [0.25, 0.3) is 11.5 Å². The largest absolute Gasteiger partial charge is 0.319 e. The van der Waals surface area contributed by atoms with Gasteiger partial charge in [0, 0.05) is 25.2 Å². The van der Waals surface area contributed by atoms with Crippen molar-refractivity contribution in [3.8, 4) is 0 Å². The second-order valence-corrected chi connectivity index (χ2v) is 5.40. The summed E-state index contributed by atoms with van der Waals surface area (Å²) in [6, 6.07) is 4.73. The number of nitrogens with zero attached hydrogens (tertiary/aromatic N) is 2. The van der Waals surface area contributed by atoms with Crippen LogP contribution in [0.3, 0.4) is 0 Å². The fourth-order valence-corrected chi connectivity index (χ4v) is 2.18. The van der Waals surface area contributed by atoms with Crippen LogP contribution in [-0.2, 0) is 20.9 Å². The van der Waals surface area contributed by atoms with Crippen molar-refractivity contribution in [3.05, 3.63) is 34.7 Å². The summed E-state index contributed by atoms with van der Waals surface area (Å²) >= 11 is 0. The molecule has 0 bridgehead atoms. The Bertz CT molecular complexity index is 648. The highest BCUT2D eigenvalue weighted by Gasteiger charge is 2.43. The topological polar surface area (TPSA) is 88.5 Å². The molecule has 0 saturated carbocycles. The van der Waals surface area contributed by atoms with Crippen molar-refractivity contribution in [2.45, 2.75) is 32.4 Å². The zero-order valence-electron chi connectivity index (χ0n) is 12.0. The van der Waals surface area contributed by atoms with Crippen LogP contribution >= 0.6 is 0 Å². The van der Waals surface area contributed by atoms with E-state index < -0.39 is 17.4 Å². The third-order valence-electron chi connectivity index (χ3n) is 3.55. The maximum Gasteiger partial charge on any atom is 0.252 e. The first kappa shape index (κ1) is 15.0. The average molecular weight is 291 g/mol. The summed E-state index contributed by atoms with van der Waals surface area (Å²) in [5.74, 6) is -1.33. The zero-order chi connectivity index (χ0) is 15.6. The number of carbonyl (C=O) groups is 3. The fraction of sp³-hybridized carbons (Fsp3) is 0.429. The summed E-state index contributed by atoms with van der Waals surface area (Å²) < 4.78 is 1.41. The Kier molecular flexibility index (Phi) is 3.93. The Morgan fingerprint density at radius 2 is 2.00 bits per heavy atom. The van der Waals surface area contributed by atoms with E-state index in [2.05, 4.69) is 5.32 Å². The van der Waals surface area contributed by atoms with E-state index in [1.54, 1.807) is 32.2 Å². The smallest absolute Gasteiger partial charge is 0.252 e. The van der Waals surface area contributed by atoms with Gasteiger partial charge in [0.1, 0.15) is 12.1 Å². The predicted octanol–water partition coefficient (Wildman–Crippen LogP) is -0.498. The normalized spacial score (nSPS) is 17.5. The van der Waals surface area contributed by atoms with Crippen LogP contribution in [0.2, 0.25) is 0 Å². The molecule has 0 radical (unpaired) electrons. The molecule has 1 aromatic heterocycles. The quantitative estimate of drug-likeness (QED) is 0.761. The average Bonchev–Trinajstić information content (AvgIpc) is 2.42. The van der Waals surface area contributed by atoms with Gasteiger partial charge in [0.2, 0.25) is 11.8 Å². The number of hydrogen-bond acceptors (Lipinski definition) is 4. The van der Waals surface area contributed by atoms with Gasteiger partial charge in [-0.25, -0.2) is 0 Å². The Balaban J connectivity index is 2.09. The highest BCUT2D eigenvalue weighted by molar-refractivity contribution is 6.06. The van der Waals surface area contributed by atoms with E-state index in [0.717, 1.165) is 0 Å². The molecule has 0 spiro atoms. The number of imide groups is 1. The van der Waals surface area contributed by atoms with Crippen LogP contribution in [0.25, 0.3) is 0 Å². The summed E-state index contributed by atoms with van der Waals surface area (Å²) in [5.41, 5.74) is -1.27. The van der Waals surface area contributed by atoms with E-state index in [0.29, 0.717) is 0 Å². The van der Waals surface area contributed by atoms with Gasteiger partial charge in [0.15, 0.2) is 0 Å². The number of pyridine rings is 1. The van der Waals surface area contributed by atoms with E-state index in [1.165, 1.54) is 15.5 Å². The molecule has 0 aromatic carbocycles. The molecule has 3 amide bonds. The van der Waals surface area contributed by atoms with Crippen LogP contribution < -0.4 is 10.9 Å². The summed E-state index contributed by atoms with van der Waals surface area (Å²) in [4.78, 5) is 48.3. The molecule has 0 unspecified atom stereocenters. The summed E-state index contributed by atoms with van der Waals surface area (Å²) in [6.45, 7) is 3.23. The van der Waals surface area contributed by atoms with Gasteiger partial charge < -0.3 is 9.47 Å². The maximum atomic E-state index is 12.3. The Morgan fingerprint density at radius 3 is 2.67 bits per heavy atom. The first-order valence-electron chi connectivity index (χ1n) is 6.62. The first-order valence-corrected chi connectivity index (χ1v) is 6.62. The van der Waals surface area contributed by atoms with Crippen molar-refractivity contribution in [2.24, 2.45) is 0 Å². The zero-order valence-corrected chi connectivity index (χ0v) is 12.0. The molecule has 21 heavy (non-hydrogen) atoms. The third kappa shape index (κ3) is 3.01. The minimum atomic E-state index is -1.08. The first-order chi connectivity index (χ1) is 9.82. The number of nitrogens with one attached hydrogen (secondary N) is 1. The van der Waals surface area contributed by atoms with Crippen LogP contribution in [0.4, 0.5) is 0 Å². The predicted molar refractivity (Wildman–Crippen MR) is 74.3 cm³/mol. The molecule has 112 valence electrons. The Morgan fingerprint density at radius 1 is 1.29 bits per heavy atom. The van der Waals surface area contributed by atoms with Crippen LogP contribution in [0.5, 0.6) is 0 Å². The van der Waals surface area contributed by atoms with Crippen molar-refractivity contribution in [3.63, 3.8) is 0 Å². The second-order valence-electron chi connectivity index (χ2n) is 5.40.